The molecule has 2 aliphatic rings. The number of fused-ring (bicyclic) bond motifs is 2. The summed E-state index contributed by atoms with van der Waals surface area (Å²) in [6.07, 6.45) is 6.03. The fourth-order valence-electron chi connectivity index (χ4n) is 3.29. The minimum Gasteiger partial charge on any atom is -0.373 e. The highest BCUT2D eigenvalue weighted by atomic mass is 16.5. The van der Waals surface area contributed by atoms with Gasteiger partial charge < -0.3 is 10.1 Å². The third-order valence-corrected chi connectivity index (χ3v) is 4.46. The Labute approximate surface area is 110 Å². The second-order valence-corrected chi connectivity index (χ2v) is 5.77. The molecule has 0 saturated carbocycles. The van der Waals surface area contributed by atoms with Gasteiger partial charge in [0.2, 0.25) is 0 Å². The van der Waals surface area contributed by atoms with Gasteiger partial charge in [-0.15, -0.1) is 0 Å². The molecule has 2 aliphatic heterocycles. The molecule has 2 heteroatoms. The molecule has 0 radical (unpaired) electrons. The quantitative estimate of drug-likeness (QED) is 0.860. The summed E-state index contributed by atoms with van der Waals surface area (Å²) in [4.78, 5) is 0. The van der Waals surface area contributed by atoms with Gasteiger partial charge >= 0.3 is 0 Å². The average molecular weight is 245 g/mol. The van der Waals surface area contributed by atoms with Crippen LogP contribution in [-0.2, 0) is 4.74 Å². The monoisotopic (exact) mass is 245 g/mol. The summed E-state index contributed by atoms with van der Waals surface area (Å²) in [5, 5.41) is 3.69. The molecule has 2 fully saturated rings. The Bertz CT molecular complexity index is 378. The minimum absolute atomic E-state index is 0.502. The van der Waals surface area contributed by atoms with Crippen LogP contribution in [0.15, 0.2) is 30.3 Å². The van der Waals surface area contributed by atoms with Crippen LogP contribution in [0, 0.1) is 0 Å². The Balaban J connectivity index is 1.42. The molecule has 4 atom stereocenters. The Kier molecular flexibility index (Phi) is 3.67. The van der Waals surface area contributed by atoms with Crippen molar-refractivity contribution in [3.63, 3.8) is 0 Å². The van der Waals surface area contributed by atoms with Crippen molar-refractivity contribution in [2.24, 2.45) is 0 Å². The number of ether oxygens (including phenoxy) is 1. The first kappa shape index (κ1) is 12.2. The van der Waals surface area contributed by atoms with Crippen LogP contribution in [0.25, 0.3) is 0 Å². The average Bonchev–Trinajstić information content (AvgIpc) is 3.02. The summed E-state index contributed by atoms with van der Waals surface area (Å²) >= 11 is 0. The van der Waals surface area contributed by atoms with Crippen LogP contribution in [-0.4, -0.2) is 24.8 Å². The first-order valence-electron chi connectivity index (χ1n) is 7.26. The number of hydrogen-bond acceptors (Lipinski definition) is 2. The molecule has 2 saturated heterocycles. The highest BCUT2D eigenvalue weighted by molar-refractivity contribution is 5.18. The van der Waals surface area contributed by atoms with Crippen LogP contribution in [0.5, 0.6) is 0 Å². The second-order valence-electron chi connectivity index (χ2n) is 5.77. The molecule has 0 spiro atoms. The van der Waals surface area contributed by atoms with E-state index in [9.17, 15) is 0 Å². The molecule has 4 unspecified atom stereocenters. The van der Waals surface area contributed by atoms with Gasteiger partial charge in [0.05, 0.1) is 12.2 Å². The van der Waals surface area contributed by atoms with E-state index in [0.717, 1.165) is 6.54 Å². The van der Waals surface area contributed by atoms with Crippen molar-refractivity contribution in [1.29, 1.82) is 0 Å². The van der Waals surface area contributed by atoms with Crippen LogP contribution in [0.3, 0.4) is 0 Å². The Morgan fingerprint density at radius 1 is 1.28 bits per heavy atom. The lowest BCUT2D eigenvalue weighted by molar-refractivity contribution is 0.0974. The van der Waals surface area contributed by atoms with Crippen LogP contribution in [0.2, 0.25) is 0 Å². The van der Waals surface area contributed by atoms with Gasteiger partial charge in [0.25, 0.3) is 0 Å². The number of nitrogens with one attached hydrogen (secondary N) is 1. The maximum atomic E-state index is 5.86. The molecule has 0 amide bonds. The van der Waals surface area contributed by atoms with Crippen LogP contribution in [0.4, 0.5) is 0 Å². The Morgan fingerprint density at radius 2 is 2.11 bits per heavy atom. The van der Waals surface area contributed by atoms with E-state index in [1.54, 1.807) is 0 Å². The smallest absolute Gasteiger partial charge is 0.0733 e. The zero-order valence-electron chi connectivity index (χ0n) is 11.1. The van der Waals surface area contributed by atoms with Crippen molar-refractivity contribution < 1.29 is 4.74 Å². The molecular formula is C16H23NO. The maximum Gasteiger partial charge on any atom is 0.0733 e. The van der Waals surface area contributed by atoms with Crippen molar-refractivity contribution in [3.05, 3.63) is 35.9 Å². The second kappa shape index (κ2) is 5.41. The predicted octanol–water partition coefficient (Wildman–Crippen LogP) is 3.09. The first-order chi connectivity index (χ1) is 8.83. The molecule has 1 aromatic rings. The van der Waals surface area contributed by atoms with Gasteiger partial charge in [-0.2, -0.15) is 0 Å². The third-order valence-electron chi connectivity index (χ3n) is 4.46. The van der Waals surface area contributed by atoms with Crippen molar-refractivity contribution >= 4 is 0 Å². The van der Waals surface area contributed by atoms with Crippen molar-refractivity contribution in [3.8, 4) is 0 Å². The number of rotatable bonds is 5. The van der Waals surface area contributed by atoms with Gasteiger partial charge in [-0.05, 0) is 43.7 Å². The highest BCUT2D eigenvalue weighted by Gasteiger charge is 2.40. The Morgan fingerprint density at radius 3 is 2.78 bits per heavy atom. The van der Waals surface area contributed by atoms with E-state index in [2.05, 4.69) is 42.6 Å². The van der Waals surface area contributed by atoms with Gasteiger partial charge in [-0.1, -0.05) is 37.3 Å². The summed E-state index contributed by atoms with van der Waals surface area (Å²) in [6.45, 7) is 3.42. The van der Waals surface area contributed by atoms with Crippen LogP contribution < -0.4 is 5.32 Å². The van der Waals surface area contributed by atoms with Gasteiger partial charge in [0.1, 0.15) is 0 Å². The molecule has 98 valence electrons. The molecule has 18 heavy (non-hydrogen) atoms. The summed E-state index contributed by atoms with van der Waals surface area (Å²) in [7, 11) is 0. The number of hydrogen-bond donors (Lipinski definition) is 1. The van der Waals surface area contributed by atoms with Crippen LogP contribution in [0.1, 0.15) is 44.1 Å². The van der Waals surface area contributed by atoms with E-state index in [-0.39, 0.29) is 0 Å². The third kappa shape index (κ3) is 2.60. The van der Waals surface area contributed by atoms with E-state index in [1.165, 1.54) is 31.2 Å². The molecule has 1 N–H and O–H groups in total. The topological polar surface area (TPSA) is 21.3 Å². The standard InChI is InChI=1S/C16H23NO/c1-12(13-5-3-2-4-6-13)9-10-17-15-11-14-7-8-16(15)18-14/h2-6,12,14-17H,7-11H2,1H3. The summed E-state index contributed by atoms with van der Waals surface area (Å²) < 4.78 is 5.86. The van der Waals surface area contributed by atoms with E-state index >= 15 is 0 Å². The highest BCUT2D eigenvalue weighted by Crippen LogP contribution is 2.34. The number of benzene rings is 1. The molecule has 1 aromatic carbocycles. The SMILES string of the molecule is CC(CCNC1CC2CCC1O2)c1ccccc1. The molecule has 0 aromatic heterocycles. The lowest BCUT2D eigenvalue weighted by Crippen LogP contribution is -2.38. The molecule has 2 bridgehead atoms. The van der Waals surface area contributed by atoms with Crippen molar-refractivity contribution in [2.45, 2.75) is 56.8 Å². The van der Waals surface area contributed by atoms with Gasteiger partial charge in [-0.25, -0.2) is 0 Å². The largest absolute Gasteiger partial charge is 0.373 e. The van der Waals surface area contributed by atoms with E-state index in [4.69, 9.17) is 4.74 Å². The van der Waals surface area contributed by atoms with Gasteiger partial charge in [-0.3, -0.25) is 0 Å². The first-order valence-corrected chi connectivity index (χ1v) is 7.26. The predicted molar refractivity (Wildman–Crippen MR) is 73.8 cm³/mol. The molecule has 2 heterocycles. The van der Waals surface area contributed by atoms with Gasteiger partial charge in [0.15, 0.2) is 0 Å². The van der Waals surface area contributed by atoms with Crippen LogP contribution >= 0.6 is 0 Å². The van der Waals surface area contributed by atoms with Crippen molar-refractivity contribution in [1.82, 2.24) is 5.32 Å². The lowest BCUT2D eigenvalue weighted by atomic mass is 9.94. The molecule has 0 aliphatic carbocycles. The normalized spacial score (nSPS) is 31.7. The van der Waals surface area contributed by atoms with E-state index in [1.807, 2.05) is 0 Å². The molecule has 2 nitrogen and oxygen atoms in total. The maximum absolute atomic E-state index is 5.86. The van der Waals surface area contributed by atoms with E-state index < -0.39 is 0 Å². The molecular weight excluding hydrogens is 222 g/mol. The zero-order valence-corrected chi connectivity index (χ0v) is 11.1. The molecule has 3 rings (SSSR count). The Hall–Kier alpha value is -0.860. The minimum atomic E-state index is 0.502. The van der Waals surface area contributed by atoms with Gasteiger partial charge in [0, 0.05) is 6.04 Å². The summed E-state index contributed by atoms with van der Waals surface area (Å²) in [5.74, 6) is 0.637. The van der Waals surface area contributed by atoms with Crippen molar-refractivity contribution in [2.75, 3.05) is 6.54 Å². The fourth-order valence-corrected chi connectivity index (χ4v) is 3.29. The summed E-state index contributed by atoms with van der Waals surface area (Å²) in [6, 6.07) is 11.4. The zero-order chi connectivity index (χ0) is 12.4. The summed E-state index contributed by atoms with van der Waals surface area (Å²) in [5.41, 5.74) is 1.45. The van der Waals surface area contributed by atoms with E-state index in [0.29, 0.717) is 24.2 Å². The lowest BCUT2D eigenvalue weighted by Gasteiger charge is -2.21. The fraction of sp³-hybridized carbons (Fsp3) is 0.625.